The first kappa shape index (κ1) is 25.5. The first-order valence-corrected chi connectivity index (χ1v) is 7.34. The molecule has 0 unspecified atom stereocenters. The first-order chi connectivity index (χ1) is 12.3. The number of rotatable bonds is 7. The highest BCUT2D eigenvalue weighted by atomic mass is 19.3. The van der Waals surface area contributed by atoms with E-state index >= 15 is 0 Å². The summed E-state index contributed by atoms with van der Waals surface area (Å²) in [5.74, 6) is -2.09. The molecular formula is C15H25F2N5O4. The number of ether oxygens (including phenoxy) is 1. The number of nitrogens with two attached hydrogens (primary N) is 3. The first-order valence-electron chi connectivity index (χ1n) is 7.34. The van der Waals surface area contributed by atoms with Gasteiger partial charge in [-0.1, -0.05) is 0 Å². The molecule has 0 aliphatic carbocycles. The van der Waals surface area contributed by atoms with Gasteiger partial charge in [-0.05, 0) is 38.4 Å². The molecule has 1 aromatic carbocycles. The summed E-state index contributed by atoms with van der Waals surface area (Å²) in [6.45, 7) is -2.96. The van der Waals surface area contributed by atoms with Crippen LogP contribution in [0, 0.1) is 0 Å². The average molecular weight is 377 g/mol. The summed E-state index contributed by atoms with van der Waals surface area (Å²) in [6.07, 6.45) is -0.363. The van der Waals surface area contributed by atoms with Crippen LogP contribution in [-0.2, 0) is 9.59 Å². The molecule has 3 amide bonds. The van der Waals surface area contributed by atoms with E-state index < -0.39 is 30.4 Å². The maximum Gasteiger partial charge on any atom is 0.387 e. The minimum atomic E-state index is -2.96. The number of halogens is 2. The van der Waals surface area contributed by atoms with Crippen LogP contribution in [0.3, 0.4) is 0 Å². The summed E-state index contributed by atoms with van der Waals surface area (Å²) < 4.78 is 28.2. The number of amides is 3. The van der Waals surface area contributed by atoms with Gasteiger partial charge in [-0.15, -0.1) is 0 Å². The third kappa shape index (κ3) is 10.2. The normalized spacial score (nSPS) is 10.3. The Hall–Kier alpha value is -2.79. The third-order valence-electron chi connectivity index (χ3n) is 2.62. The number of hydrogen-bond donors (Lipinski definition) is 5. The van der Waals surface area contributed by atoms with Crippen LogP contribution in [-0.4, -0.2) is 51.5 Å². The van der Waals surface area contributed by atoms with Crippen LogP contribution in [0.2, 0.25) is 0 Å². The molecule has 1 rings (SSSR count). The van der Waals surface area contributed by atoms with Crippen LogP contribution in [0.1, 0.15) is 16.8 Å². The molecule has 9 nitrogen and oxygen atoms in total. The van der Waals surface area contributed by atoms with Crippen LogP contribution >= 0.6 is 0 Å². The van der Waals surface area contributed by atoms with Crippen LogP contribution in [0.4, 0.5) is 8.78 Å². The van der Waals surface area contributed by atoms with Crippen molar-refractivity contribution in [1.29, 1.82) is 0 Å². The van der Waals surface area contributed by atoms with E-state index in [0.717, 1.165) is 0 Å². The standard InChI is InChI=1S/C13H15F2N3O4.2CH5N/c1-17-12(21)9(6-10(16)19)18-11(20)7-2-4-8(5-3-7)22-13(14)15;2*1-2/h2-5,9,13H,6H2,1H3,(H2,16,19)(H,17,21)(H,18,20);2*2H2,1H3/t9-;;/m0../s1. The fraction of sp³-hybridized carbons (Fsp3) is 0.400. The number of alkyl halides is 2. The van der Waals surface area contributed by atoms with E-state index in [0.29, 0.717) is 0 Å². The maximum atomic E-state index is 12.0. The van der Waals surface area contributed by atoms with Crippen molar-refractivity contribution in [1.82, 2.24) is 10.6 Å². The number of nitrogens with one attached hydrogen (secondary N) is 2. The highest BCUT2D eigenvalue weighted by Crippen LogP contribution is 2.15. The molecule has 1 aromatic rings. The summed E-state index contributed by atoms with van der Waals surface area (Å²) in [4.78, 5) is 34.4. The monoisotopic (exact) mass is 377 g/mol. The second-order valence-corrected chi connectivity index (χ2v) is 4.21. The highest BCUT2D eigenvalue weighted by molar-refractivity contribution is 5.98. The Morgan fingerprint density at radius 2 is 1.58 bits per heavy atom. The fourth-order valence-corrected chi connectivity index (χ4v) is 1.61. The average Bonchev–Trinajstić information content (AvgIpc) is 2.63. The van der Waals surface area contributed by atoms with E-state index in [1.807, 2.05) is 0 Å². The minimum absolute atomic E-state index is 0.105. The summed E-state index contributed by atoms with van der Waals surface area (Å²) >= 11 is 0. The lowest BCUT2D eigenvalue weighted by atomic mass is 10.1. The highest BCUT2D eigenvalue weighted by Gasteiger charge is 2.22. The zero-order valence-electron chi connectivity index (χ0n) is 14.8. The Balaban J connectivity index is 0. The third-order valence-corrected chi connectivity index (χ3v) is 2.62. The summed E-state index contributed by atoms with van der Waals surface area (Å²) in [5, 5.41) is 4.63. The number of benzene rings is 1. The smallest absolute Gasteiger partial charge is 0.387 e. The van der Waals surface area contributed by atoms with Crippen LogP contribution in [0.25, 0.3) is 0 Å². The molecule has 0 radical (unpaired) electrons. The largest absolute Gasteiger partial charge is 0.435 e. The number of carbonyl (C=O) groups is 3. The van der Waals surface area contributed by atoms with Gasteiger partial charge in [0.2, 0.25) is 11.8 Å². The molecule has 0 heterocycles. The molecule has 1 atom stereocenters. The van der Waals surface area contributed by atoms with E-state index in [2.05, 4.69) is 26.8 Å². The van der Waals surface area contributed by atoms with Gasteiger partial charge in [0, 0.05) is 12.6 Å². The van der Waals surface area contributed by atoms with Gasteiger partial charge in [0.1, 0.15) is 11.8 Å². The Kier molecular flexibility index (Phi) is 14.2. The molecule has 0 bridgehead atoms. The molecule has 148 valence electrons. The zero-order valence-corrected chi connectivity index (χ0v) is 14.8. The quantitative estimate of drug-likeness (QED) is 0.416. The van der Waals surface area contributed by atoms with Crippen molar-refractivity contribution in [2.24, 2.45) is 17.2 Å². The van der Waals surface area contributed by atoms with Gasteiger partial charge in [-0.3, -0.25) is 14.4 Å². The lowest BCUT2D eigenvalue weighted by Crippen LogP contribution is -2.47. The van der Waals surface area contributed by atoms with Crippen molar-refractivity contribution in [2.45, 2.75) is 19.1 Å². The van der Waals surface area contributed by atoms with E-state index in [1.54, 1.807) is 0 Å². The molecule has 0 aliphatic rings. The fourth-order valence-electron chi connectivity index (χ4n) is 1.61. The Bertz CT molecular complexity index is 555. The molecular weight excluding hydrogens is 352 g/mol. The molecule has 26 heavy (non-hydrogen) atoms. The second kappa shape index (κ2) is 14.5. The number of carbonyl (C=O) groups excluding carboxylic acids is 3. The Morgan fingerprint density at radius 1 is 1.08 bits per heavy atom. The molecule has 0 spiro atoms. The minimum Gasteiger partial charge on any atom is -0.435 e. The van der Waals surface area contributed by atoms with Gasteiger partial charge in [-0.25, -0.2) is 0 Å². The Morgan fingerprint density at radius 3 is 1.96 bits per heavy atom. The molecule has 0 aromatic heterocycles. The van der Waals surface area contributed by atoms with Crippen molar-refractivity contribution >= 4 is 17.7 Å². The van der Waals surface area contributed by atoms with Gasteiger partial charge in [0.15, 0.2) is 0 Å². The molecule has 0 fully saturated rings. The predicted octanol–water partition coefficient (Wildman–Crippen LogP) is -0.842. The van der Waals surface area contributed by atoms with E-state index in [9.17, 15) is 23.2 Å². The van der Waals surface area contributed by atoms with Crippen molar-refractivity contribution in [3.63, 3.8) is 0 Å². The molecule has 0 saturated heterocycles. The van der Waals surface area contributed by atoms with Crippen LogP contribution < -0.4 is 32.6 Å². The lowest BCUT2D eigenvalue weighted by Gasteiger charge is -2.15. The lowest BCUT2D eigenvalue weighted by molar-refractivity contribution is -0.126. The van der Waals surface area contributed by atoms with Gasteiger partial charge in [-0.2, -0.15) is 8.78 Å². The molecule has 0 saturated carbocycles. The number of primary amides is 1. The maximum absolute atomic E-state index is 12.0. The van der Waals surface area contributed by atoms with Gasteiger partial charge < -0.3 is 32.6 Å². The molecule has 11 heteroatoms. The number of hydrogen-bond acceptors (Lipinski definition) is 6. The topological polar surface area (TPSA) is 163 Å². The van der Waals surface area contributed by atoms with E-state index in [-0.39, 0.29) is 17.7 Å². The van der Waals surface area contributed by atoms with Crippen molar-refractivity contribution < 1.29 is 27.9 Å². The van der Waals surface area contributed by atoms with Crippen molar-refractivity contribution in [3.05, 3.63) is 29.8 Å². The van der Waals surface area contributed by atoms with Crippen LogP contribution in [0.15, 0.2) is 24.3 Å². The van der Waals surface area contributed by atoms with Crippen molar-refractivity contribution in [3.8, 4) is 5.75 Å². The van der Waals surface area contributed by atoms with E-state index in [1.165, 1.54) is 45.4 Å². The van der Waals surface area contributed by atoms with Crippen LogP contribution in [0.5, 0.6) is 5.75 Å². The second-order valence-electron chi connectivity index (χ2n) is 4.21. The van der Waals surface area contributed by atoms with Gasteiger partial charge in [0.05, 0.1) is 6.42 Å². The SMILES string of the molecule is CN.CN.CNC(=O)[C@H](CC(N)=O)NC(=O)c1ccc(OC(F)F)cc1. The predicted molar refractivity (Wildman–Crippen MR) is 92.4 cm³/mol. The Labute approximate surface area is 150 Å². The summed E-state index contributed by atoms with van der Waals surface area (Å²) in [5.41, 5.74) is 14.1. The molecule has 8 N–H and O–H groups in total. The summed E-state index contributed by atoms with van der Waals surface area (Å²) in [6, 6.07) is 3.75. The summed E-state index contributed by atoms with van der Waals surface area (Å²) in [7, 11) is 4.35. The van der Waals surface area contributed by atoms with Gasteiger partial charge in [0.25, 0.3) is 5.91 Å². The zero-order chi connectivity index (χ0) is 20.7. The van der Waals surface area contributed by atoms with E-state index in [4.69, 9.17) is 5.73 Å². The molecule has 0 aliphatic heterocycles. The van der Waals surface area contributed by atoms with Crippen molar-refractivity contribution in [2.75, 3.05) is 21.1 Å². The van der Waals surface area contributed by atoms with Gasteiger partial charge >= 0.3 is 6.61 Å². The number of likely N-dealkylation sites (N-methyl/N-ethyl adjacent to an activating group) is 1.